The van der Waals surface area contributed by atoms with Crippen molar-refractivity contribution in [2.75, 3.05) is 7.11 Å². The minimum absolute atomic E-state index is 0.339. The zero-order valence-electron chi connectivity index (χ0n) is 10.7. The number of ether oxygens (including phenoxy) is 1. The molecule has 0 atom stereocenters. The molecular weight excluding hydrogens is 246 g/mol. The number of halogens is 1. The van der Waals surface area contributed by atoms with Crippen LogP contribution in [0.3, 0.4) is 0 Å². The van der Waals surface area contributed by atoms with E-state index < -0.39 is 0 Å². The van der Waals surface area contributed by atoms with Crippen LogP contribution in [0.4, 0.5) is 0 Å². The summed E-state index contributed by atoms with van der Waals surface area (Å²) in [7, 11) is 1.47. The van der Waals surface area contributed by atoms with Crippen molar-refractivity contribution in [3.8, 4) is 0 Å². The van der Waals surface area contributed by atoms with Gasteiger partial charge in [0.25, 0.3) is 0 Å². The molecule has 0 aliphatic rings. The number of nitrogens with zero attached hydrogens (tertiary/aromatic N) is 1. The lowest BCUT2D eigenvalue weighted by Crippen LogP contribution is -1.83. The molecule has 94 valence electrons. The van der Waals surface area contributed by atoms with E-state index in [0.29, 0.717) is 15.8 Å². The Morgan fingerprint density at radius 1 is 1.38 bits per heavy atom. The maximum Gasteiger partial charge on any atom is 0.173 e. The molecule has 1 aromatic heterocycles. The molecule has 0 fully saturated rings. The summed E-state index contributed by atoms with van der Waals surface area (Å²) in [4.78, 5) is 4.63. The number of aryl methyl sites for hydroxylation is 1. The van der Waals surface area contributed by atoms with E-state index >= 15 is 0 Å². The van der Waals surface area contributed by atoms with Crippen molar-refractivity contribution < 1.29 is 9.84 Å². The highest BCUT2D eigenvalue weighted by atomic mass is 35.5. The van der Waals surface area contributed by atoms with Crippen LogP contribution in [-0.2, 0) is 4.74 Å². The fraction of sp³-hybridized carbons (Fsp3) is 0.545. The van der Waals surface area contributed by atoms with E-state index in [4.69, 9.17) is 21.4 Å². The van der Waals surface area contributed by atoms with Gasteiger partial charge < -0.3 is 9.84 Å². The number of rotatable bonds is 2. The van der Waals surface area contributed by atoms with Crippen LogP contribution in [-0.4, -0.2) is 17.2 Å². The molecule has 3 nitrogen and oxygen atoms in total. The van der Waals surface area contributed by atoms with Gasteiger partial charge in [-0.05, 0) is 6.92 Å². The zero-order valence-corrected chi connectivity index (χ0v) is 12.2. The molecule has 1 aromatic rings. The SMILES string of the molecule is CC.CC.COC(=CO)c1sc(C)nc1Cl. The Morgan fingerprint density at radius 3 is 2.12 bits per heavy atom. The second-order valence-corrected chi connectivity index (χ2v) is 3.61. The standard InChI is InChI=1S/C7H8ClNO2S.2C2H6/c1-4-9-7(8)6(12-4)5(3-10)11-2;2*1-2/h3,10H,1-2H3;2*1-2H3. The Morgan fingerprint density at radius 2 is 1.88 bits per heavy atom. The minimum atomic E-state index is 0.339. The summed E-state index contributed by atoms with van der Waals surface area (Å²) >= 11 is 7.14. The molecule has 5 heteroatoms. The van der Waals surface area contributed by atoms with Crippen molar-refractivity contribution in [1.82, 2.24) is 4.98 Å². The lowest BCUT2D eigenvalue weighted by Gasteiger charge is -1.99. The van der Waals surface area contributed by atoms with Crippen molar-refractivity contribution in [2.45, 2.75) is 34.6 Å². The van der Waals surface area contributed by atoms with Gasteiger partial charge in [0.05, 0.1) is 12.1 Å². The summed E-state index contributed by atoms with van der Waals surface area (Å²) in [5.74, 6) is 0.339. The predicted molar refractivity (Wildman–Crippen MR) is 72.2 cm³/mol. The Bertz CT molecular complexity index is 311. The maximum atomic E-state index is 8.75. The number of aromatic nitrogens is 1. The van der Waals surface area contributed by atoms with Gasteiger partial charge in [0, 0.05) is 0 Å². The Labute approximate surface area is 107 Å². The topological polar surface area (TPSA) is 42.4 Å². The average molecular weight is 266 g/mol. The van der Waals surface area contributed by atoms with Crippen molar-refractivity contribution in [1.29, 1.82) is 0 Å². The van der Waals surface area contributed by atoms with E-state index in [1.807, 2.05) is 34.6 Å². The molecule has 0 aliphatic heterocycles. The first-order valence-corrected chi connectivity index (χ1v) is 6.40. The van der Waals surface area contributed by atoms with E-state index in [1.165, 1.54) is 18.4 Å². The number of hydrogen-bond donors (Lipinski definition) is 1. The molecule has 0 aromatic carbocycles. The second kappa shape index (κ2) is 10.8. The van der Waals surface area contributed by atoms with Crippen LogP contribution in [0.5, 0.6) is 0 Å². The molecule has 16 heavy (non-hydrogen) atoms. The monoisotopic (exact) mass is 265 g/mol. The molecule has 0 amide bonds. The van der Waals surface area contributed by atoms with E-state index in [2.05, 4.69) is 4.98 Å². The van der Waals surface area contributed by atoms with Crippen LogP contribution < -0.4 is 0 Å². The molecule has 0 spiro atoms. The number of hydrogen-bond acceptors (Lipinski definition) is 4. The quantitative estimate of drug-likeness (QED) is 0.791. The molecule has 0 unspecified atom stereocenters. The number of aliphatic hydroxyl groups is 1. The number of thiazole rings is 1. The lowest BCUT2D eigenvalue weighted by molar-refractivity contribution is 0.349. The Balaban J connectivity index is 0. The molecule has 0 aliphatic carbocycles. The normalized spacial score (nSPS) is 9.56. The molecule has 0 bridgehead atoms. The van der Waals surface area contributed by atoms with Crippen LogP contribution in [0, 0.1) is 6.92 Å². The Kier molecular flexibility index (Phi) is 11.9. The molecule has 1 heterocycles. The minimum Gasteiger partial charge on any atom is -0.512 e. The second-order valence-electron chi connectivity index (χ2n) is 2.05. The first-order chi connectivity index (χ1) is 7.69. The zero-order chi connectivity index (χ0) is 13.1. The van der Waals surface area contributed by atoms with Gasteiger partial charge in [-0.2, -0.15) is 0 Å². The highest BCUT2D eigenvalue weighted by Crippen LogP contribution is 2.29. The summed E-state index contributed by atoms with van der Waals surface area (Å²) in [6.45, 7) is 9.84. The average Bonchev–Trinajstić information content (AvgIpc) is 2.66. The van der Waals surface area contributed by atoms with Gasteiger partial charge in [-0.1, -0.05) is 39.3 Å². The summed E-state index contributed by atoms with van der Waals surface area (Å²) in [5.41, 5.74) is 0. The largest absolute Gasteiger partial charge is 0.512 e. The van der Waals surface area contributed by atoms with E-state index in [9.17, 15) is 0 Å². The third-order valence-electron chi connectivity index (χ3n) is 1.25. The Hall–Kier alpha value is -0.740. The fourth-order valence-electron chi connectivity index (χ4n) is 0.758. The van der Waals surface area contributed by atoms with E-state index in [0.717, 1.165) is 11.3 Å². The number of methoxy groups -OCH3 is 1. The highest BCUT2D eigenvalue weighted by molar-refractivity contribution is 7.13. The molecular formula is C11H20ClNO2S. The third kappa shape index (κ3) is 5.37. The fourth-order valence-corrected chi connectivity index (χ4v) is 1.94. The van der Waals surface area contributed by atoms with Crippen molar-refractivity contribution in [2.24, 2.45) is 0 Å². The van der Waals surface area contributed by atoms with Crippen molar-refractivity contribution in [3.63, 3.8) is 0 Å². The van der Waals surface area contributed by atoms with Crippen LogP contribution in [0.25, 0.3) is 5.76 Å². The van der Waals surface area contributed by atoms with Gasteiger partial charge in [0.15, 0.2) is 10.9 Å². The van der Waals surface area contributed by atoms with Gasteiger partial charge in [0.2, 0.25) is 0 Å². The van der Waals surface area contributed by atoms with Gasteiger partial charge in [-0.3, -0.25) is 0 Å². The predicted octanol–water partition coefficient (Wildman–Crippen LogP) is 4.66. The summed E-state index contributed by atoms with van der Waals surface area (Å²) in [6.07, 6.45) is 0.874. The van der Waals surface area contributed by atoms with Crippen LogP contribution >= 0.6 is 22.9 Å². The van der Waals surface area contributed by atoms with Gasteiger partial charge in [0.1, 0.15) is 11.1 Å². The molecule has 0 saturated heterocycles. The first kappa shape index (κ1) is 17.6. The van der Waals surface area contributed by atoms with Gasteiger partial charge in [-0.25, -0.2) is 4.98 Å². The third-order valence-corrected chi connectivity index (χ3v) is 2.62. The van der Waals surface area contributed by atoms with Crippen LogP contribution in [0.1, 0.15) is 37.6 Å². The summed E-state index contributed by atoms with van der Waals surface area (Å²) in [5, 5.41) is 9.95. The lowest BCUT2D eigenvalue weighted by atomic mass is 10.5. The van der Waals surface area contributed by atoms with E-state index in [1.54, 1.807) is 0 Å². The van der Waals surface area contributed by atoms with E-state index in [-0.39, 0.29) is 0 Å². The smallest absolute Gasteiger partial charge is 0.173 e. The van der Waals surface area contributed by atoms with Crippen LogP contribution in [0.15, 0.2) is 6.26 Å². The molecule has 0 radical (unpaired) electrons. The number of aliphatic hydroxyl groups excluding tert-OH is 1. The molecule has 1 N–H and O–H groups in total. The van der Waals surface area contributed by atoms with Gasteiger partial charge in [-0.15, -0.1) is 11.3 Å². The summed E-state index contributed by atoms with van der Waals surface area (Å²) in [6, 6.07) is 0. The molecule has 0 saturated carbocycles. The van der Waals surface area contributed by atoms with Crippen molar-refractivity contribution >= 4 is 28.7 Å². The first-order valence-electron chi connectivity index (χ1n) is 5.20. The summed E-state index contributed by atoms with van der Waals surface area (Å²) < 4.78 is 4.88. The van der Waals surface area contributed by atoms with Gasteiger partial charge >= 0.3 is 0 Å². The van der Waals surface area contributed by atoms with Crippen molar-refractivity contribution in [3.05, 3.63) is 21.3 Å². The highest BCUT2D eigenvalue weighted by Gasteiger charge is 2.11. The maximum absolute atomic E-state index is 8.75. The van der Waals surface area contributed by atoms with Crippen LogP contribution in [0.2, 0.25) is 5.15 Å². The molecule has 1 rings (SSSR count).